The molecule has 2 rings (SSSR count). The van der Waals surface area contributed by atoms with Crippen molar-refractivity contribution in [2.24, 2.45) is 0 Å². The second kappa shape index (κ2) is 5.83. The van der Waals surface area contributed by atoms with Crippen molar-refractivity contribution >= 4 is 17.5 Å². The Hall–Kier alpha value is -2.22. The van der Waals surface area contributed by atoms with Crippen LogP contribution in [0.2, 0.25) is 0 Å². The molecule has 2 heterocycles. The van der Waals surface area contributed by atoms with Gasteiger partial charge in [0.25, 0.3) is 5.69 Å². The largest absolute Gasteiger partial charge is 0.467 e. The molecular formula is C12H15N3O5. The van der Waals surface area contributed by atoms with Gasteiger partial charge in [-0.15, -0.1) is 0 Å². The zero-order chi connectivity index (χ0) is 14.7. The number of carbonyl (C=O) groups is 1. The molecule has 108 valence electrons. The monoisotopic (exact) mass is 281 g/mol. The smallest absolute Gasteiger partial charge is 0.336 e. The first-order chi connectivity index (χ1) is 9.52. The molecule has 1 atom stereocenters. The van der Waals surface area contributed by atoms with Gasteiger partial charge in [-0.25, -0.2) is 9.78 Å². The molecule has 20 heavy (non-hydrogen) atoms. The number of aromatic nitrogens is 1. The van der Waals surface area contributed by atoms with Crippen LogP contribution in [0.4, 0.5) is 11.5 Å². The second-order valence-electron chi connectivity index (χ2n) is 4.41. The summed E-state index contributed by atoms with van der Waals surface area (Å²) in [6.45, 7) is 2.75. The van der Waals surface area contributed by atoms with E-state index in [1.54, 1.807) is 11.8 Å². The fourth-order valence-electron chi connectivity index (χ4n) is 2.00. The van der Waals surface area contributed by atoms with E-state index < -0.39 is 17.0 Å². The molecule has 0 N–H and O–H groups in total. The molecule has 0 saturated carbocycles. The van der Waals surface area contributed by atoms with Crippen LogP contribution in [0.5, 0.6) is 0 Å². The van der Waals surface area contributed by atoms with Gasteiger partial charge in [0.05, 0.1) is 31.3 Å². The number of morpholine rings is 1. The average Bonchev–Trinajstić information content (AvgIpc) is 2.46. The van der Waals surface area contributed by atoms with Gasteiger partial charge in [-0.3, -0.25) is 10.1 Å². The topological polar surface area (TPSA) is 94.8 Å². The van der Waals surface area contributed by atoms with Crippen molar-refractivity contribution in [2.45, 2.75) is 13.0 Å². The van der Waals surface area contributed by atoms with E-state index in [0.717, 1.165) is 0 Å². The van der Waals surface area contributed by atoms with Crippen LogP contribution >= 0.6 is 0 Å². The summed E-state index contributed by atoms with van der Waals surface area (Å²) < 4.78 is 9.94. The van der Waals surface area contributed by atoms with Crippen LogP contribution in [-0.4, -0.2) is 48.8 Å². The van der Waals surface area contributed by atoms with Crippen molar-refractivity contribution in [1.29, 1.82) is 0 Å². The van der Waals surface area contributed by atoms with Crippen LogP contribution in [0.1, 0.15) is 5.56 Å². The predicted molar refractivity (Wildman–Crippen MR) is 69.6 cm³/mol. The van der Waals surface area contributed by atoms with Gasteiger partial charge < -0.3 is 14.4 Å². The van der Waals surface area contributed by atoms with Crippen molar-refractivity contribution in [3.8, 4) is 0 Å². The summed E-state index contributed by atoms with van der Waals surface area (Å²) in [6.07, 6.45) is 0.756. The van der Waals surface area contributed by atoms with Gasteiger partial charge in [-0.1, -0.05) is 0 Å². The standard InChI is InChI=1S/C12H15N3O5/c1-8-6-13-11(5-9(8)15(17)18)14-3-4-20-10(7-14)12(16)19-2/h5-6,10H,3-4,7H2,1-2H3. The first-order valence-corrected chi connectivity index (χ1v) is 6.08. The molecule has 8 heteroatoms. The van der Waals surface area contributed by atoms with E-state index in [2.05, 4.69) is 9.72 Å². The average molecular weight is 281 g/mol. The predicted octanol–water partition coefficient (Wildman–Crippen LogP) is 0.676. The lowest BCUT2D eigenvalue weighted by Gasteiger charge is -2.32. The fraction of sp³-hybridized carbons (Fsp3) is 0.500. The van der Waals surface area contributed by atoms with E-state index in [9.17, 15) is 14.9 Å². The van der Waals surface area contributed by atoms with Crippen LogP contribution < -0.4 is 4.90 Å². The lowest BCUT2D eigenvalue weighted by atomic mass is 10.2. The van der Waals surface area contributed by atoms with Gasteiger partial charge in [-0.2, -0.15) is 0 Å². The second-order valence-corrected chi connectivity index (χ2v) is 4.41. The quantitative estimate of drug-likeness (QED) is 0.456. The molecule has 8 nitrogen and oxygen atoms in total. The van der Waals surface area contributed by atoms with E-state index in [0.29, 0.717) is 24.5 Å². The maximum Gasteiger partial charge on any atom is 0.336 e. The number of nitro groups is 1. The van der Waals surface area contributed by atoms with E-state index >= 15 is 0 Å². The summed E-state index contributed by atoms with van der Waals surface area (Å²) in [5.74, 6) is -0.00388. The maximum atomic E-state index is 11.5. The number of aryl methyl sites for hydroxylation is 1. The molecule has 0 bridgehead atoms. The minimum absolute atomic E-state index is 0.0103. The van der Waals surface area contributed by atoms with Crippen LogP contribution in [-0.2, 0) is 14.3 Å². The maximum absolute atomic E-state index is 11.5. The number of rotatable bonds is 3. The van der Waals surface area contributed by atoms with Crippen molar-refractivity contribution in [1.82, 2.24) is 4.98 Å². The highest BCUT2D eigenvalue weighted by Gasteiger charge is 2.28. The number of pyridine rings is 1. The van der Waals surface area contributed by atoms with Crippen LogP contribution in [0.15, 0.2) is 12.3 Å². The summed E-state index contributed by atoms with van der Waals surface area (Å²) in [5.41, 5.74) is 0.507. The number of methoxy groups -OCH3 is 1. The molecule has 1 aromatic rings. The molecule has 1 aromatic heterocycles. The van der Waals surface area contributed by atoms with Gasteiger partial charge in [0.1, 0.15) is 5.82 Å². The Balaban J connectivity index is 2.21. The highest BCUT2D eigenvalue weighted by molar-refractivity contribution is 5.75. The molecule has 1 aliphatic rings. The number of nitrogens with zero attached hydrogens (tertiary/aromatic N) is 3. The minimum Gasteiger partial charge on any atom is -0.467 e. The van der Waals surface area contributed by atoms with Gasteiger partial charge in [0.15, 0.2) is 6.10 Å². The molecule has 1 fully saturated rings. The molecule has 1 saturated heterocycles. The van der Waals surface area contributed by atoms with Crippen molar-refractivity contribution < 1.29 is 19.2 Å². The number of ether oxygens (including phenoxy) is 2. The lowest BCUT2D eigenvalue weighted by molar-refractivity contribution is -0.385. The highest BCUT2D eigenvalue weighted by atomic mass is 16.6. The molecule has 0 aromatic carbocycles. The Labute approximate surface area is 115 Å². The molecule has 0 radical (unpaired) electrons. The van der Waals surface area contributed by atoms with Crippen molar-refractivity contribution in [2.75, 3.05) is 31.7 Å². The fourth-order valence-corrected chi connectivity index (χ4v) is 2.00. The zero-order valence-electron chi connectivity index (χ0n) is 11.2. The minimum atomic E-state index is -0.698. The van der Waals surface area contributed by atoms with Crippen LogP contribution in [0.3, 0.4) is 0 Å². The Morgan fingerprint density at radius 2 is 2.40 bits per heavy atom. The molecule has 1 aliphatic heterocycles. The van der Waals surface area contributed by atoms with Gasteiger partial charge in [0, 0.05) is 18.3 Å². The third kappa shape index (κ3) is 2.85. The number of hydrogen-bond donors (Lipinski definition) is 0. The third-order valence-electron chi connectivity index (χ3n) is 3.11. The van der Waals surface area contributed by atoms with Crippen molar-refractivity contribution in [3.63, 3.8) is 0 Å². The van der Waals surface area contributed by atoms with Gasteiger partial charge >= 0.3 is 5.97 Å². The third-order valence-corrected chi connectivity index (χ3v) is 3.11. The van der Waals surface area contributed by atoms with E-state index in [-0.39, 0.29) is 12.2 Å². The molecule has 0 spiro atoms. The number of anilines is 1. The molecule has 0 aliphatic carbocycles. The van der Waals surface area contributed by atoms with Crippen molar-refractivity contribution in [3.05, 3.63) is 27.9 Å². The zero-order valence-corrected chi connectivity index (χ0v) is 11.2. The summed E-state index contributed by atoms with van der Waals surface area (Å²) in [5, 5.41) is 10.9. The number of esters is 1. The van der Waals surface area contributed by atoms with Gasteiger partial charge in [0.2, 0.25) is 0 Å². The lowest BCUT2D eigenvalue weighted by Crippen LogP contribution is -2.46. The summed E-state index contributed by atoms with van der Waals surface area (Å²) in [7, 11) is 1.29. The molecule has 0 amide bonds. The van der Waals surface area contributed by atoms with E-state index in [1.807, 2.05) is 0 Å². The summed E-state index contributed by atoms with van der Waals surface area (Å²) in [4.78, 5) is 27.9. The number of carbonyl (C=O) groups excluding carboxylic acids is 1. The summed E-state index contributed by atoms with van der Waals surface area (Å²) >= 11 is 0. The van der Waals surface area contributed by atoms with E-state index in [1.165, 1.54) is 19.4 Å². The van der Waals surface area contributed by atoms with E-state index in [4.69, 9.17) is 4.74 Å². The Morgan fingerprint density at radius 3 is 3.05 bits per heavy atom. The first kappa shape index (κ1) is 14.2. The Morgan fingerprint density at radius 1 is 1.65 bits per heavy atom. The normalized spacial score (nSPS) is 18.7. The molecule has 1 unspecified atom stereocenters. The summed E-state index contributed by atoms with van der Waals surface area (Å²) in [6, 6.07) is 1.41. The number of hydrogen-bond acceptors (Lipinski definition) is 7. The Kier molecular flexibility index (Phi) is 4.14. The van der Waals surface area contributed by atoms with Gasteiger partial charge in [-0.05, 0) is 6.92 Å². The molecular weight excluding hydrogens is 266 g/mol. The first-order valence-electron chi connectivity index (χ1n) is 6.08. The SMILES string of the molecule is COC(=O)C1CN(c2cc([N+](=O)[O-])c(C)cn2)CCO1. The van der Waals surface area contributed by atoms with Crippen LogP contribution in [0.25, 0.3) is 0 Å². The Bertz CT molecular complexity index is 534. The highest BCUT2D eigenvalue weighted by Crippen LogP contribution is 2.23. The van der Waals surface area contributed by atoms with Crippen LogP contribution in [0, 0.1) is 17.0 Å².